The van der Waals surface area contributed by atoms with Crippen LogP contribution < -0.4 is 4.74 Å². The Morgan fingerprint density at radius 2 is 1.71 bits per heavy atom. The molecule has 3 rings (SSSR count). The van der Waals surface area contributed by atoms with Gasteiger partial charge in [0.2, 0.25) is 0 Å². The largest absolute Gasteiger partial charge is 0.483 e. The molecule has 0 aliphatic carbocycles. The first-order valence-electron chi connectivity index (χ1n) is 6.72. The molecule has 0 N–H and O–H groups in total. The number of hydrogen-bond donors (Lipinski definition) is 0. The maximum atomic E-state index is 10.7. The molecule has 1 aliphatic heterocycles. The molecule has 106 valence electrons. The Morgan fingerprint density at radius 1 is 1.05 bits per heavy atom. The van der Waals surface area contributed by atoms with Crippen LogP contribution in [0.3, 0.4) is 0 Å². The van der Waals surface area contributed by atoms with Crippen molar-refractivity contribution in [1.82, 2.24) is 0 Å². The minimum atomic E-state index is -0.394. The van der Waals surface area contributed by atoms with E-state index in [-0.39, 0.29) is 11.3 Å². The highest BCUT2D eigenvalue weighted by atomic mass is 16.6. The fourth-order valence-electron chi connectivity index (χ4n) is 2.33. The number of nitro benzene ring substituents is 1. The zero-order chi connectivity index (χ0) is 15.0. The number of rotatable bonds is 2. The topological polar surface area (TPSA) is 52.4 Å². The summed E-state index contributed by atoms with van der Waals surface area (Å²) in [7, 11) is 0. The maximum absolute atomic E-state index is 10.7. The predicted octanol–water partition coefficient (Wildman–Crippen LogP) is 4.45. The van der Waals surface area contributed by atoms with E-state index in [4.69, 9.17) is 4.74 Å². The molecule has 0 saturated carbocycles. The molecule has 0 atom stereocenters. The smallest absolute Gasteiger partial charge is 0.269 e. The average molecular weight is 281 g/mol. The number of nitro groups is 1. The Hall–Kier alpha value is -2.62. The number of benzene rings is 2. The third-order valence-corrected chi connectivity index (χ3v) is 3.46. The van der Waals surface area contributed by atoms with Gasteiger partial charge in [-0.25, -0.2) is 0 Å². The van der Waals surface area contributed by atoms with E-state index in [9.17, 15) is 10.1 Å². The molecule has 0 fully saturated rings. The van der Waals surface area contributed by atoms with Gasteiger partial charge in [0, 0.05) is 17.7 Å². The van der Waals surface area contributed by atoms with Gasteiger partial charge in [-0.2, -0.15) is 0 Å². The molecule has 2 aromatic carbocycles. The van der Waals surface area contributed by atoms with E-state index in [2.05, 4.69) is 0 Å². The highest BCUT2D eigenvalue weighted by molar-refractivity contribution is 5.72. The second kappa shape index (κ2) is 4.74. The van der Waals surface area contributed by atoms with Gasteiger partial charge in [0.05, 0.1) is 4.92 Å². The SMILES string of the molecule is CC1(C)C=Cc2cc(-c3ccc([N+](=O)[O-])cc3)ccc2O1. The summed E-state index contributed by atoms with van der Waals surface area (Å²) in [6.45, 7) is 4.02. The van der Waals surface area contributed by atoms with Crippen LogP contribution in [-0.2, 0) is 0 Å². The van der Waals surface area contributed by atoms with Gasteiger partial charge in [0.25, 0.3) is 5.69 Å². The molecule has 4 heteroatoms. The van der Waals surface area contributed by atoms with Crippen LogP contribution in [0.1, 0.15) is 19.4 Å². The van der Waals surface area contributed by atoms with Crippen LogP contribution in [0.15, 0.2) is 48.5 Å². The molecule has 0 bridgehead atoms. The van der Waals surface area contributed by atoms with Crippen molar-refractivity contribution in [3.8, 4) is 16.9 Å². The van der Waals surface area contributed by atoms with E-state index in [0.29, 0.717) is 0 Å². The van der Waals surface area contributed by atoms with Crippen molar-refractivity contribution in [1.29, 1.82) is 0 Å². The minimum Gasteiger partial charge on any atom is -0.483 e. The fourth-order valence-corrected chi connectivity index (χ4v) is 2.33. The predicted molar refractivity (Wildman–Crippen MR) is 82.3 cm³/mol. The number of non-ortho nitro benzene ring substituents is 1. The molecular formula is C17H15NO3. The fraction of sp³-hybridized carbons (Fsp3) is 0.176. The molecule has 0 saturated heterocycles. The molecule has 0 radical (unpaired) electrons. The lowest BCUT2D eigenvalue weighted by atomic mass is 9.98. The molecular weight excluding hydrogens is 266 g/mol. The summed E-state index contributed by atoms with van der Waals surface area (Å²) in [5, 5.41) is 10.7. The van der Waals surface area contributed by atoms with Crippen LogP contribution in [0.25, 0.3) is 17.2 Å². The molecule has 0 aromatic heterocycles. The zero-order valence-electron chi connectivity index (χ0n) is 11.9. The Labute approximate surface area is 122 Å². The van der Waals surface area contributed by atoms with Gasteiger partial charge in [0.1, 0.15) is 11.4 Å². The quantitative estimate of drug-likeness (QED) is 0.603. The van der Waals surface area contributed by atoms with E-state index in [1.165, 1.54) is 12.1 Å². The Kier molecular flexibility index (Phi) is 3.01. The second-order valence-electron chi connectivity index (χ2n) is 5.60. The van der Waals surface area contributed by atoms with Crippen molar-refractivity contribution in [3.63, 3.8) is 0 Å². The summed E-state index contributed by atoms with van der Waals surface area (Å²) in [5.41, 5.74) is 2.78. The molecule has 0 unspecified atom stereocenters. The number of ether oxygens (including phenoxy) is 1. The monoisotopic (exact) mass is 281 g/mol. The van der Waals surface area contributed by atoms with Crippen molar-refractivity contribution in [3.05, 3.63) is 64.2 Å². The van der Waals surface area contributed by atoms with Crippen molar-refractivity contribution < 1.29 is 9.66 Å². The number of nitrogens with zero attached hydrogens (tertiary/aromatic N) is 1. The maximum Gasteiger partial charge on any atom is 0.269 e. The van der Waals surface area contributed by atoms with Gasteiger partial charge in [-0.05, 0) is 55.3 Å². The number of fused-ring (bicyclic) bond motifs is 1. The lowest BCUT2D eigenvalue weighted by Crippen LogP contribution is -2.27. The normalized spacial score (nSPS) is 15.1. The van der Waals surface area contributed by atoms with Crippen LogP contribution in [0.5, 0.6) is 5.75 Å². The molecule has 0 spiro atoms. The molecule has 1 heterocycles. The van der Waals surface area contributed by atoms with Crippen LogP contribution in [-0.4, -0.2) is 10.5 Å². The summed E-state index contributed by atoms with van der Waals surface area (Å²) < 4.78 is 5.88. The van der Waals surface area contributed by atoms with E-state index in [1.54, 1.807) is 12.1 Å². The summed E-state index contributed by atoms with van der Waals surface area (Å²) >= 11 is 0. The first kappa shape index (κ1) is 13.4. The Morgan fingerprint density at radius 3 is 2.38 bits per heavy atom. The van der Waals surface area contributed by atoms with Crippen molar-refractivity contribution >= 4 is 11.8 Å². The van der Waals surface area contributed by atoms with E-state index < -0.39 is 4.92 Å². The molecule has 1 aliphatic rings. The highest BCUT2D eigenvalue weighted by Crippen LogP contribution is 2.34. The lowest BCUT2D eigenvalue weighted by Gasteiger charge is -2.28. The Bertz CT molecular complexity index is 730. The minimum absolute atomic E-state index is 0.0988. The van der Waals surface area contributed by atoms with E-state index in [1.807, 2.05) is 44.2 Å². The van der Waals surface area contributed by atoms with Crippen molar-refractivity contribution in [2.24, 2.45) is 0 Å². The van der Waals surface area contributed by atoms with E-state index in [0.717, 1.165) is 22.4 Å². The van der Waals surface area contributed by atoms with Gasteiger partial charge < -0.3 is 4.74 Å². The average Bonchev–Trinajstić information content (AvgIpc) is 2.46. The molecule has 4 nitrogen and oxygen atoms in total. The third-order valence-electron chi connectivity index (χ3n) is 3.46. The van der Waals surface area contributed by atoms with Gasteiger partial charge in [-0.15, -0.1) is 0 Å². The number of hydrogen-bond acceptors (Lipinski definition) is 3. The highest BCUT2D eigenvalue weighted by Gasteiger charge is 2.21. The zero-order valence-corrected chi connectivity index (χ0v) is 11.9. The summed E-state index contributed by atoms with van der Waals surface area (Å²) in [4.78, 5) is 10.3. The second-order valence-corrected chi connectivity index (χ2v) is 5.60. The van der Waals surface area contributed by atoms with Crippen LogP contribution in [0, 0.1) is 10.1 Å². The van der Waals surface area contributed by atoms with Crippen molar-refractivity contribution in [2.75, 3.05) is 0 Å². The van der Waals surface area contributed by atoms with Crippen LogP contribution >= 0.6 is 0 Å². The van der Waals surface area contributed by atoms with Gasteiger partial charge in [-0.1, -0.05) is 12.1 Å². The summed E-state index contributed by atoms with van der Waals surface area (Å²) in [6.07, 6.45) is 4.07. The third kappa shape index (κ3) is 2.65. The van der Waals surface area contributed by atoms with Gasteiger partial charge in [0.15, 0.2) is 0 Å². The molecule has 21 heavy (non-hydrogen) atoms. The summed E-state index contributed by atoms with van der Waals surface area (Å²) in [5.74, 6) is 0.855. The van der Waals surface area contributed by atoms with E-state index >= 15 is 0 Å². The molecule has 2 aromatic rings. The summed E-state index contributed by atoms with van der Waals surface area (Å²) in [6, 6.07) is 12.5. The van der Waals surface area contributed by atoms with Crippen molar-refractivity contribution in [2.45, 2.75) is 19.4 Å². The Balaban J connectivity index is 1.96. The standard InChI is InChI=1S/C17H15NO3/c1-17(2)10-9-14-11-13(5-8-16(14)21-17)12-3-6-15(7-4-12)18(19)20/h3-11H,1-2H3. The molecule has 0 amide bonds. The van der Waals surface area contributed by atoms with Crippen LogP contribution in [0.4, 0.5) is 5.69 Å². The lowest BCUT2D eigenvalue weighted by molar-refractivity contribution is -0.384. The van der Waals surface area contributed by atoms with Crippen LogP contribution in [0.2, 0.25) is 0 Å². The first-order valence-corrected chi connectivity index (χ1v) is 6.72. The van der Waals surface area contributed by atoms with Gasteiger partial charge >= 0.3 is 0 Å². The first-order chi connectivity index (χ1) is 9.94. The van der Waals surface area contributed by atoms with Gasteiger partial charge in [-0.3, -0.25) is 10.1 Å².